The highest BCUT2D eigenvalue weighted by Crippen LogP contribution is 2.33. The maximum atomic E-state index is 5.74. The molecule has 2 heterocycles. The molecule has 0 fully saturated rings. The average molecular weight is 302 g/mol. The molecule has 0 bridgehead atoms. The summed E-state index contributed by atoms with van der Waals surface area (Å²) in [5.74, 6) is 1.08. The van der Waals surface area contributed by atoms with E-state index >= 15 is 0 Å². The summed E-state index contributed by atoms with van der Waals surface area (Å²) in [5.41, 5.74) is 2.11. The van der Waals surface area contributed by atoms with Crippen molar-refractivity contribution in [2.45, 2.75) is 24.3 Å². The van der Waals surface area contributed by atoms with Crippen molar-refractivity contribution in [2.24, 2.45) is 7.05 Å². The first kappa shape index (κ1) is 13.7. The molecule has 0 aliphatic heterocycles. The zero-order valence-electron chi connectivity index (χ0n) is 11.9. The Morgan fingerprint density at radius 2 is 1.90 bits per heavy atom. The van der Waals surface area contributed by atoms with Gasteiger partial charge < -0.3 is 4.42 Å². The van der Waals surface area contributed by atoms with Gasteiger partial charge in [-0.1, -0.05) is 29.5 Å². The molecule has 0 saturated carbocycles. The lowest BCUT2D eigenvalue weighted by Gasteiger charge is -2.03. The molecular formula is C13H14N6OS. The third kappa shape index (κ3) is 2.94. The number of tetrazole rings is 1. The summed E-state index contributed by atoms with van der Waals surface area (Å²) >= 11 is 1.47. The van der Waals surface area contributed by atoms with Crippen LogP contribution in [-0.2, 0) is 7.05 Å². The van der Waals surface area contributed by atoms with Gasteiger partial charge in [-0.25, -0.2) is 4.68 Å². The van der Waals surface area contributed by atoms with Crippen molar-refractivity contribution in [3.63, 3.8) is 0 Å². The van der Waals surface area contributed by atoms with Crippen molar-refractivity contribution in [3.05, 3.63) is 35.7 Å². The normalized spacial score (nSPS) is 12.5. The maximum absolute atomic E-state index is 5.74. The molecule has 0 radical (unpaired) electrons. The average Bonchev–Trinajstić information content (AvgIpc) is 3.10. The predicted octanol–water partition coefficient (Wildman–Crippen LogP) is 2.42. The van der Waals surface area contributed by atoms with E-state index in [9.17, 15) is 0 Å². The van der Waals surface area contributed by atoms with E-state index in [1.807, 2.05) is 38.1 Å². The van der Waals surface area contributed by atoms with Gasteiger partial charge in [0.2, 0.25) is 16.9 Å². The first-order valence-electron chi connectivity index (χ1n) is 6.43. The molecule has 3 rings (SSSR count). The van der Waals surface area contributed by atoms with Crippen molar-refractivity contribution in [1.82, 2.24) is 30.4 Å². The highest BCUT2D eigenvalue weighted by atomic mass is 32.2. The number of hydrogen-bond acceptors (Lipinski definition) is 7. The molecule has 1 unspecified atom stereocenters. The van der Waals surface area contributed by atoms with E-state index in [0.29, 0.717) is 16.9 Å². The molecule has 1 aromatic carbocycles. The number of aryl methyl sites for hydroxylation is 2. The Balaban J connectivity index is 1.78. The molecule has 2 aromatic heterocycles. The quantitative estimate of drug-likeness (QED) is 0.684. The zero-order valence-corrected chi connectivity index (χ0v) is 12.7. The number of aromatic nitrogens is 6. The fraction of sp³-hybridized carbons (Fsp3) is 0.308. The molecule has 21 heavy (non-hydrogen) atoms. The van der Waals surface area contributed by atoms with E-state index in [2.05, 4.69) is 25.7 Å². The van der Waals surface area contributed by atoms with Crippen LogP contribution in [0.1, 0.15) is 23.6 Å². The molecule has 0 spiro atoms. The van der Waals surface area contributed by atoms with Crippen LogP contribution in [0.3, 0.4) is 0 Å². The van der Waals surface area contributed by atoms with E-state index in [4.69, 9.17) is 4.42 Å². The molecule has 0 saturated heterocycles. The standard InChI is InChI=1S/C13H14N6OS/c1-8-4-6-10(7-5-8)12-15-14-11(20-12)9(2)21-13-16-17-18-19(13)3/h4-7,9H,1-3H3. The van der Waals surface area contributed by atoms with Crippen molar-refractivity contribution in [2.75, 3.05) is 0 Å². The fourth-order valence-electron chi connectivity index (χ4n) is 1.74. The van der Waals surface area contributed by atoms with Crippen molar-refractivity contribution in [1.29, 1.82) is 0 Å². The minimum Gasteiger partial charge on any atom is -0.419 e. The molecule has 0 aliphatic rings. The second-order valence-electron chi connectivity index (χ2n) is 4.66. The third-order valence-electron chi connectivity index (χ3n) is 2.95. The van der Waals surface area contributed by atoms with Crippen LogP contribution in [-0.4, -0.2) is 30.4 Å². The van der Waals surface area contributed by atoms with Crippen molar-refractivity contribution >= 4 is 11.8 Å². The van der Waals surface area contributed by atoms with Gasteiger partial charge in [0, 0.05) is 12.6 Å². The molecule has 108 valence electrons. The minimum atomic E-state index is -0.0265. The highest BCUT2D eigenvalue weighted by molar-refractivity contribution is 7.99. The van der Waals surface area contributed by atoms with Gasteiger partial charge in [-0.05, 0) is 36.4 Å². The fourth-order valence-corrected chi connectivity index (χ4v) is 2.53. The van der Waals surface area contributed by atoms with Crippen LogP contribution in [0.2, 0.25) is 0 Å². The SMILES string of the molecule is Cc1ccc(-c2nnc(C(C)Sc3nnnn3C)o2)cc1. The summed E-state index contributed by atoms with van der Waals surface area (Å²) in [6.07, 6.45) is 0. The van der Waals surface area contributed by atoms with Crippen molar-refractivity contribution in [3.8, 4) is 11.5 Å². The first-order valence-corrected chi connectivity index (χ1v) is 7.31. The maximum Gasteiger partial charge on any atom is 0.247 e. The van der Waals surface area contributed by atoms with E-state index < -0.39 is 0 Å². The number of nitrogens with zero attached hydrogens (tertiary/aromatic N) is 6. The lowest BCUT2D eigenvalue weighted by Crippen LogP contribution is -1.96. The van der Waals surface area contributed by atoms with Crippen LogP contribution in [0.25, 0.3) is 11.5 Å². The van der Waals surface area contributed by atoms with Gasteiger partial charge >= 0.3 is 0 Å². The van der Waals surface area contributed by atoms with Gasteiger partial charge in [0.15, 0.2) is 0 Å². The minimum absolute atomic E-state index is 0.0265. The topological polar surface area (TPSA) is 82.5 Å². The summed E-state index contributed by atoms with van der Waals surface area (Å²) in [4.78, 5) is 0. The van der Waals surface area contributed by atoms with Gasteiger partial charge in [0.05, 0.1) is 5.25 Å². The van der Waals surface area contributed by atoms with E-state index in [-0.39, 0.29) is 5.25 Å². The van der Waals surface area contributed by atoms with E-state index in [0.717, 1.165) is 5.56 Å². The van der Waals surface area contributed by atoms with Crippen LogP contribution in [0.5, 0.6) is 0 Å². The van der Waals surface area contributed by atoms with Gasteiger partial charge in [0.25, 0.3) is 0 Å². The Hall–Kier alpha value is -2.22. The summed E-state index contributed by atoms with van der Waals surface area (Å²) in [6.45, 7) is 4.02. The molecule has 0 N–H and O–H groups in total. The Labute approximate surface area is 125 Å². The summed E-state index contributed by atoms with van der Waals surface area (Å²) < 4.78 is 7.35. The molecule has 3 aromatic rings. The van der Waals surface area contributed by atoms with Crippen LogP contribution >= 0.6 is 11.8 Å². The second kappa shape index (κ2) is 5.65. The second-order valence-corrected chi connectivity index (χ2v) is 5.96. The molecule has 8 heteroatoms. The molecule has 0 aliphatic carbocycles. The summed E-state index contributed by atoms with van der Waals surface area (Å²) in [6, 6.07) is 7.97. The Bertz CT molecular complexity index is 735. The lowest BCUT2D eigenvalue weighted by molar-refractivity contribution is 0.508. The van der Waals surface area contributed by atoms with Gasteiger partial charge in [-0.15, -0.1) is 15.3 Å². The molecule has 0 amide bonds. The van der Waals surface area contributed by atoms with Gasteiger partial charge in [-0.2, -0.15) is 0 Å². The smallest absolute Gasteiger partial charge is 0.247 e. The number of rotatable bonds is 4. The monoisotopic (exact) mass is 302 g/mol. The lowest BCUT2D eigenvalue weighted by atomic mass is 10.1. The van der Waals surface area contributed by atoms with Gasteiger partial charge in [-0.3, -0.25) is 0 Å². The third-order valence-corrected chi connectivity index (χ3v) is 4.06. The summed E-state index contributed by atoms with van der Waals surface area (Å²) in [5, 5.41) is 20.2. The molecule has 1 atom stereocenters. The Morgan fingerprint density at radius 3 is 2.57 bits per heavy atom. The zero-order chi connectivity index (χ0) is 14.8. The van der Waals surface area contributed by atoms with Gasteiger partial charge in [0.1, 0.15) is 0 Å². The number of benzene rings is 1. The Kier molecular flexibility index (Phi) is 3.70. The molecule has 7 nitrogen and oxygen atoms in total. The first-order chi connectivity index (χ1) is 10.1. The largest absolute Gasteiger partial charge is 0.419 e. The van der Waals surface area contributed by atoms with Crippen LogP contribution in [0.15, 0.2) is 33.8 Å². The van der Waals surface area contributed by atoms with E-state index in [1.165, 1.54) is 17.3 Å². The highest BCUT2D eigenvalue weighted by Gasteiger charge is 2.18. The number of thioether (sulfide) groups is 1. The van der Waals surface area contributed by atoms with Crippen LogP contribution < -0.4 is 0 Å². The molecular weight excluding hydrogens is 288 g/mol. The number of hydrogen-bond donors (Lipinski definition) is 0. The predicted molar refractivity (Wildman–Crippen MR) is 77.5 cm³/mol. The summed E-state index contributed by atoms with van der Waals surface area (Å²) in [7, 11) is 1.79. The van der Waals surface area contributed by atoms with Crippen LogP contribution in [0, 0.1) is 6.92 Å². The van der Waals surface area contributed by atoms with E-state index in [1.54, 1.807) is 11.7 Å². The van der Waals surface area contributed by atoms with Crippen molar-refractivity contribution < 1.29 is 4.42 Å². The van der Waals surface area contributed by atoms with Crippen LogP contribution in [0.4, 0.5) is 0 Å². The Morgan fingerprint density at radius 1 is 1.14 bits per heavy atom.